The van der Waals surface area contributed by atoms with Crippen LogP contribution in [0.1, 0.15) is 0 Å². The first-order chi connectivity index (χ1) is 9.90. The molecule has 0 fully saturated rings. The Kier molecular flexibility index (Phi) is 4.20. The molecule has 0 radical (unpaired) electrons. The van der Waals surface area contributed by atoms with E-state index >= 15 is 0 Å². The SMILES string of the molecule is COc1cccc(N=Nc2ccc(N)c(S(=O)(=O)O)c2)c1. The number of methoxy groups -OCH3 is 1. The summed E-state index contributed by atoms with van der Waals surface area (Å²) in [6.45, 7) is 0. The molecule has 0 amide bonds. The van der Waals surface area contributed by atoms with Crippen molar-refractivity contribution < 1.29 is 17.7 Å². The Morgan fingerprint density at radius 2 is 1.76 bits per heavy atom. The van der Waals surface area contributed by atoms with E-state index in [9.17, 15) is 8.42 Å². The highest BCUT2D eigenvalue weighted by atomic mass is 32.2. The number of benzene rings is 2. The van der Waals surface area contributed by atoms with Gasteiger partial charge in [-0.15, -0.1) is 0 Å². The van der Waals surface area contributed by atoms with Crippen molar-refractivity contribution in [3.8, 4) is 5.75 Å². The molecule has 0 saturated heterocycles. The smallest absolute Gasteiger partial charge is 0.296 e. The lowest BCUT2D eigenvalue weighted by molar-refractivity contribution is 0.415. The van der Waals surface area contributed by atoms with E-state index in [1.165, 1.54) is 19.2 Å². The Morgan fingerprint density at radius 3 is 2.38 bits per heavy atom. The van der Waals surface area contributed by atoms with Crippen LogP contribution in [0.2, 0.25) is 0 Å². The van der Waals surface area contributed by atoms with Gasteiger partial charge >= 0.3 is 0 Å². The minimum atomic E-state index is -4.40. The number of azo groups is 1. The van der Waals surface area contributed by atoms with Crippen LogP contribution >= 0.6 is 0 Å². The molecular weight excluding hydrogens is 294 g/mol. The second-order valence-corrected chi connectivity index (χ2v) is 5.49. The van der Waals surface area contributed by atoms with Gasteiger partial charge in [0.05, 0.1) is 24.2 Å². The molecule has 0 aromatic heterocycles. The van der Waals surface area contributed by atoms with Crippen molar-refractivity contribution in [3.63, 3.8) is 0 Å². The van der Waals surface area contributed by atoms with Crippen molar-refractivity contribution in [2.45, 2.75) is 4.90 Å². The van der Waals surface area contributed by atoms with Crippen molar-refractivity contribution >= 4 is 27.2 Å². The summed E-state index contributed by atoms with van der Waals surface area (Å²) in [6.07, 6.45) is 0. The summed E-state index contributed by atoms with van der Waals surface area (Å²) in [5.41, 5.74) is 6.23. The van der Waals surface area contributed by atoms with Crippen LogP contribution in [0.5, 0.6) is 5.75 Å². The average molecular weight is 307 g/mol. The number of nitrogens with zero attached hydrogens (tertiary/aromatic N) is 2. The van der Waals surface area contributed by atoms with Gasteiger partial charge in [0.1, 0.15) is 10.6 Å². The van der Waals surface area contributed by atoms with E-state index in [2.05, 4.69) is 10.2 Å². The fraction of sp³-hybridized carbons (Fsp3) is 0.0769. The first kappa shape index (κ1) is 14.9. The maximum absolute atomic E-state index is 11.2. The number of ether oxygens (including phenoxy) is 1. The van der Waals surface area contributed by atoms with Crippen LogP contribution in [-0.4, -0.2) is 20.1 Å². The largest absolute Gasteiger partial charge is 0.497 e. The Labute approximate surface area is 121 Å². The number of nitrogen functional groups attached to an aromatic ring is 1. The number of hydrogen-bond acceptors (Lipinski definition) is 6. The number of anilines is 1. The maximum atomic E-state index is 11.2. The molecule has 8 heteroatoms. The summed E-state index contributed by atoms with van der Waals surface area (Å²) in [4.78, 5) is -0.399. The van der Waals surface area contributed by atoms with Crippen LogP contribution in [0.3, 0.4) is 0 Å². The molecule has 0 aliphatic carbocycles. The fourth-order valence-corrected chi connectivity index (χ4v) is 2.23. The summed E-state index contributed by atoms with van der Waals surface area (Å²) in [5, 5.41) is 7.87. The highest BCUT2D eigenvalue weighted by Crippen LogP contribution is 2.26. The third-order valence-corrected chi connectivity index (χ3v) is 3.52. The van der Waals surface area contributed by atoms with Gasteiger partial charge in [0, 0.05) is 6.07 Å². The standard InChI is InChI=1S/C13H13N3O4S/c1-20-11-4-2-3-9(7-11)15-16-10-5-6-12(14)13(8-10)21(17,18)19/h2-8H,14H2,1H3,(H,17,18,19). The van der Waals surface area contributed by atoms with Gasteiger partial charge in [0.15, 0.2) is 0 Å². The van der Waals surface area contributed by atoms with Crippen LogP contribution in [0, 0.1) is 0 Å². The van der Waals surface area contributed by atoms with Gasteiger partial charge in [-0.3, -0.25) is 4.55 Å². The molecule has 2 rings (SSSR count). The summed E-state index contributed by atoms with van der Waals surface area (Å²) >= 11 is 0. The molecule has 0 heterocycles. The highest BCUT2D eigenvalue weighted by Gasteiger charge is 2.14. The van der Waals surface area contributed by atoms with Gasteiger partial charge in [-0.25, -0.2) is 0 Å². The van der Waals surface area contributed by atoms with Crippen molar-refractivity contribution in [2.75, 3.05) is 12.8 Å². The number of rotatable bonds is 4. The molecule has 0 aliphatic heterocycles. The minimum absolute atomic E-state index is 0.0576. The van der Waals surface area contributed by atoms with Crippen LogP contribution in [0.4, 0.5) is 17.1 Å². The van der Waals surface area contributed by atoms with E-state index in [0.717, 1.165) is 6.07 Å². The van der Waals surface area contributed by atoms with E-state index in [-0.39, 0.29) is 11.4 Å². The van der Waals surface area contributed by atoms with E-state index < -0.39 is 15.0 Å². The van der Waals surface area contributed by atoms with Gasteiger partial charge in [0.25, 0.3) is 10.1 Å². The Balaban J connectivity index is 2.33. The van der Waals surface area contributed by atoms with Gasteiger partial charge in [-0.2, -0.15) is 18.6 Å². The monoisotopic (exact) mass is 307 g/mol. The van der Waals surface area contributed by atoms with Crippen molar-refractivity contribution in [2.24, 2.45) is 10.2 Å². The zero-order valence-corrected chi connectivity index (χ0v) is 11.9. The molecule has 0 spiro atoms. The lowest BCUT2D eigenvalue weighted by Crippen LogP contribution is -2.02. The third-order valence-electron chi connectivity index (χ3n) is 2.61. The van der Waals surface area contributed by atoms with Gasteiger partial charge in [0.2, 0.25) is 0 Å². The van der Waals surface area contributed by atoms with Crippen LogP contribution in [-0.2, 0) is 10.1 Å². The van der Waals surface area contributed by atoms with Crippen molar-refractivity contribution in [1.29, 1.82) is 0 Å². The Morgan fingerprint density at radius 1 is 1.10 bits per heavy atom. The second-order valence-electron chi connectivity index (χ2n) is 4.10. The lowest BCUT2D eigenvalue weighted by Gasteiger charge is -2.03. The van der Waals surface area contributed by atoms with Gasteiger partial charge in [-0.1, -0.05) is 6.07 Å². The number of nitrogens with two attached hydrogens (primary N) is 1. The van der Waals surface area contributed by atoms with Crippen LogP contribution in [0.15, 0.2) is 57.6 Å². The Bertz CT molecular complexity index is 788. The first-order valence-corrected chi connectivity index (χ1v) is 7.27. The van der Waals surface area contributed by atoms with Crippen LogP contribution in [0.25, 0.3) is 0 Å². The van der Waals surface area contributed by atoms with E-state index in [1.54, 1.807) is 24.3 Å². The fourth-order valence-electron chi connectivity index (χ4n) is 1.60. The molecule has 2 aromatic carbocycles. The zero-order valence-electron chi connectivity index (χ0n) is 11.1. The van der Waals surface area contributed by atoms with E-state index in [1.807, 2.05) is 0 Å². The van der Waals surface area contributed by atoms with Gasteiger partial charge < -0.3 is 10.5 Å². The minimum Gasteiger partial charge on any atom is -0.497 e. The summed E-state index contributed by atoms with van der Waals surface area (Å²) < 4.78 is 36.4. The lowest BCUT2D eigenvalue weighted by atomic mass is 10.3. The quantitative estimate of drug-likeness (QED) is 0.512. The molecule has 0 aliphatic rings. The zero-order chi connectivity index (χ0) is 15.5. The van der Waals surface area contributed by atoms with E-state index in [4.69, 9.17) is 15.0 Å². The predicted octanol–water partition coefficient (Wildman–Crippen LogP) is 2.94. The van der Waals surface area contributed by atoms with Crippen molar-refractivity contribution in [3.05, 3.63) is 42.5 Å². The Hall–Kier alpha value is -2.45. The predicted molar refractivity (Wildman–Crippen MR) is 77.8 cm³/mol. The van der Waals surface area contributed by atoms with Crippen LogP contribution < -0.4 is 10.5 Å². The van der Waals surface area contributed by atoms with Gasteiger partial charge in [-0.05, 0) is 30.3 Å². The topological polar surface area (TPSA) is 114 Å². The normalized spacial score (nSPS) is 11.7. The van der Waals surface area contributed by atoms with E-state index in [0.29, 0.717) is 11.4 Å². The summed E-state index contributed by atoms with van der Waals surface area (Å²) in [6, 6.07) is 10.9. The molecule has 3 N–H and O–H groups in total. The molecule has 0 saturated carbocycles. The summed E-state index contributed by atoms with van der Waals surface area (Å²) in [7, 11) is -2.86. The maximum Gasteiger partial charge on any atom is 0.296 e. The third kappa shape index (κ3) is 3.77. The molecular formula is C13H13N3O4S. The summed E-state index contributed by atoms with van der Waals surface area (Å²) in [5.74, 6) is 0.627. The molecule has 0 bridgehead atoms. The highest BCUT2D eigenvalue weighted by molar-refractivity contribution is 7.86. The number of hydrogen-bond donors (Lipinski definition) is 2. The molecule has 0 unspecified atom stereocenters. The molecule has 0 atom stereocenters. The molecule has 2 aromatic rings. The molecule has 7 nitrogen and oxygen atoms in total. The molecule has 21 heavy (non-hydrogen) atoms. The molecule has 110 valence electrons. The second kappa shape index (κ2) is 5.90. The van der Waals surface area contributed by atoms with Crippen molar-refractivity contribution in [1.82, 2.24) is 0 Å². The first-order valence-electron chi connectivity index (χ1n) is 5.83. The average Bonchev–Trinajstić information content (AvgIpc) is 2.45.